The van der Waals surface area contributed by atoms with Gasteiger partial charge in [-0.2, -0.15) is 5.10 Å². The van der Waals surface area contributed by atoms with Crippen LogP contribution in [0.3, 0.4) is 0 Å². The minimum Gasteiger partial charge on any atom is -0.378 e. The number of hydrogen-bond donors (Lipinski definition) is 0. The van der Waals surface area contributed by atoms with E-state index in [9.17, 15) is 13.6 Å². The van der Waals surface area contributed by atoms with Gasteiger partial charge in [0.1, 0.15) is 17.5 Å². The van der Waals surface area contributed by atoms with Gasteiger partial charge in [-0.05, 0) is 43.2 Å². The van der Waals surface area contributed by atoms with Crippen molar-refractivity contribution in [1.29, 1.82) is 0 Å². The molecule has 32 heavy (non-hydrogen) atoms. The molecule has 2 saturated heterocycles. The molecule has 0 radical (unpaired) electrons. The van der Waals surface area contributed by atoms with Crippen molar-refractivity contribution in [3.05, 3.63) is 65.5 Å². The number of nitrogens with zero attached hydrogens (tertiary/aromatic N) is 5. The molecule has 2 aliphatic heterocycles. The number of carbonyl (C=O) groups excluding carboxylic acids is 1. The van der Waals surface area contributed by atoms with E-state index in [4.69, 9.17) is 9.72 Å². The van der Waals surface area contributed by atoms with Crippen LogP contribution in [0.15, 0.2) is 42.7 Å². The minimum absolute atomic E-state index is 0.0787. The van der Waals surface area contributed by atoms with Crippen LogP contribution in [-0.2, 0) is 9.53 Å². The van der Waals surface area contributed by atoms with E-state index in [1.54, 1.807) is 27.9 Å². The van der Waals surface area contributed by atoms with Crippen LogP contribution in [0.25, 0.3) is 11.7 Å². The molecule has 1 aromatic carbocycles. The molecule has 166 valence electrons. The van der Waals surface area contributed by atoms with E-state index in [2.05, 4.69) is 5.10 Å². The molecule has 1 amide bonds. The number of halogens is 2. The van der Waals surface area contributed by atoms with E-state index in [0.717, 1.165) is 12.5 Å². The fourth-order valence-corrected chi connectivity index (χ4v) is 4.34. The normalized spacial score (nSPS) is 19.4. The summed E-state index contributed by atoms with van der Waals surface area (Å²) in [4.78, 5) is 20.9. The van der Waals surface area contributed by atoms with Gasteiger partial charge in [-0.3, -0.25) is 4.79 Å². The third-order valence-corrected chi connectivity index (χ3v) is 5.97. The first-order chi connectivity index (χ1) is 15.6. The zero-order valence-corrected chi connectivity index (χ0v) is 17.5. The second-order valence-electron chi connectivity index (χ2n) is 7.94. The molecule has 2 aromatic heterocycles. The van der Waals surface area contributed by atoms with Crippen molar-refractivity contribution in [3.63, 3.8) is 0 Å². The van der Waals surface area contributed by atoms with Crippen LogP contribution in [0.5, 0.6) is 0 Å². The van der Waals surface area contributed by atoms with E-state index in [-0.39, 0.29) is 11.9 Å². The Bertz CT molecular complexity index is 1170. The van der Waals surface area contributed by atoms with Crippen molar-refractivity contribution in [2.75, 3.05) is 37.7 Å². The molecule has 0 saturated carbocycles. The van der Waals surface area contributed by atoms with Crippen molar-refractivity contribution in [1.82, 2.24) is 19.5 Å². The quantitative estimate of drug-likeness (QED) is 0.584. The van der Waals surface area contributed by atoms with Gasteiger partial charge >= 0.3 is 0 Å². The fraction of sp³-hybridized carbons (Fsp3) is 0.348. The van der Waals surface area contributed by atoms with E-state index in [0.29, 0.717) is 61.9 Å². The third kappa shape index (κ3) is 3.95. The van der Waals surface area contributed by atoms with Crippen molar-refractivity contribution >= 4 is 23.4 Å². The molecule has 2 fully saturated rings. The number of fused-ring (bicyclic) bond motifs is 1. The molecule has 0 unspecified atom stereocenters. The van der Waals surface area contributed by atoms with Crippen LogP contribution < -0.4 is 4.90 Å². The smallest absolute Gasteiger partial charge is 0.246 e. The van der Waals surface area contributed by atoms with Gasteiger partial charge in [-0.25, -0.2) is 18.3 Å². The molecule has 0 spiro atoms. The van der Waals surface area contributed by atoms with Crippen molar-refractivity contribution in [3.8, 4) is 0 Å². The van der Waals surface area contributed by atoms with Gasteiger partial charge in [0, 0.05) is 43.0 Å². The molecule has 1 atom stereocenters. The summed E-state index contributed by atoms with van der Waals surface area (Å²) >= 11 is 0. The summed E-state index contributed by atoms with van der Waals surface area (Å²) in [5.74, 6) is -0.285. The average Bonchev–Trinajstić information content (AvgIpc) is 3.46. The molecule has 0 N–H and O–H groups in total. The molecule has 3 aromatic rings. The maximum absolute atomic E-state index is 14.4. The summed E-state index contributed by atoms with van der Waals surface area (Å²) in [6.45, 7) is 2.94. The molecule has 0 bridgehead atoms. The lowest BCUT2D eigenvalue weighted by atomic mass is 10.0. The Morgan fingerprint density at radius 2 is 2.00 bits per heavy atom. The van der Waals surface area contributed by atoms with E-state index in [1.165, 1.54) is 18.2 Å². The van der Waals surface area contributed by atoms with Gasteiger partial charge in [0.2, 0.25) is 5.91 Å². The number of rotatable bonds is 4. The van der Waals surface area contributed by atoms with E-state index < -0.39 is 11.6 Å². The largest absolute Gasteiger partial charge is 0.378 e. The highest BCUT2D eigenvalue weighted by atomic mass is 19.1. The second-order valence-corrected chi connectivity index (χ2v) is 7.94. The number of morpholine rings is 1. The fourth-order valence-electron chi connectivity index (χ4n) is 4.34. The summed E-state index contributed by atoms with van der Waals surface area (Å²) < 4.78 is 35.1. The van der Waals surface area contributed by atoms with Gasteiger partial charge in [-0.15, -0.1) is 0 Å². The Labute approximate surface area is 183 Å². The van der Waals surface area contributed by atoms with Crippen LogP contribution in [0.1, 0.15) is 30.0 Å². The Morgan fingerprint density at radius 3 is 2.84 bits per heavy atom. The molecule has 4 heterocycles. The Kier molecular flexibility index (Phi) is 5.57. The standard InChI is InChI=1S/C23H23F2N5O2/c24-17-4-5-19(25)18(14-17)20-2-1-8-29(20)21-7-9-30-23(27-21)16(15-26-30)3-6-22(31)28-10-12-32-13-11-28/h3-7,9,14-15,20H,1-2,8,10-13H2/b6-3+/t20-/m1/s1. The molecule has 5 rings (SSSR count). The predicted molar refractivity (Wildman–Crippen MR) is 115 cm³/mol. The van der Waals surface area contributed by atoms with E-state index >= 15 is 0 Å². The van der Waals surface area contributed by atoms with Crippen LogP contribution >= 0.6 is 0 Å². The van der Waals surface area contributed by atoms with Crippen LogP contribution in [-0.4, -0.2) is 58.3 Å². The lowest BCUT2D eigenvalue weighted by molar-refractivity contribution is -0.129. The highest BCUT2D eigenvalue weighted by molar-refractivity contribution is 5.92. The number of hydrogen-bond acceptors (Lipinski definition) is 5. The summed E-state index contributed by atoms with van der Waals surface area (Å²) in [6, 6.07) is 5.10. The molecule has 9 heteroatoms. The lowest BCUT2D eigenvalue weighted by Crippen LogP contribution is -2.39. The van der Waals surface area contributed by atoms with Gasteiger partial charge in [0.25, 0.3) is 0 Å². The molecular weight excluding hydrogens is 416 g/mol. The van der Waals surface area contributed by atoms with Crippen molar-refractivity contribution in [2.45, 2.75) is 18.9 Å². The molecule has 0 aliphatic carbocycles. The van der Waals surface area contributed by atoms with Crippen LogP contribution in [0.4, 0.5) is 14.6 Å². The van der Waals surface area contributed by atoms with Crippen LogP contribution in [0, 0.1) is 11.6 Å². The van der Waals surface area contributed by atoms with Crippen molar-refractivity contribution < 1.29 is 18.3 Å². The van der Waals surface area contributed by atoms with Gasteiger partial charge < -0.3 is 14.5 Å². The first kappa shape index (κ1) is 20.6. The summed E-state index contributed by atoms with van der Waals surface area (Å²) in [6.07, 6.45) is 8.25. The molecular formula is C23H23F2N5O2. The lowest BCUT2D eigenvalue weighted by Gasteiger charge is -2.26. The number of carbonyl (C=O) groups is 1. The maximum Gasteiger partial charge on any atom is 0.246 e. The molecule has 7 nitrogen and oxygen atoms in total. The topological polar surface area (TPSA) is 63.0 Å². The van der Waals surface area contributed by atoms with Gasteiger partial charge in [0.15, 0.2) is 5.65 Å². The minimum atomic E-state index is -0.454. The van der Waals surface area contributed by atoms with Crippen LogP contribution in [0.2, 0.25) is 0 Å². The number of aromatic nitrogens is 3. The Morgan fingerprint density at radius 1 is 1.16 bits per heavy atom. The SMILES string of the molecule is O=C(/C=C/c1cnn2ccc(N3CCC[C@@H]3c3cc(F)ccc3F)nc12)N1CCOCC1. The highest BCUT2D eigenvalue weighted by Crippen LogP contribution is 2.36. The third-order valence-electron chi connectivity index (χ3n) is 5.97. The average molecular weight is 439 g/mol. The first-order valence-corrected chi connectivity index (χ1v) is 10.7. The Balaban J connectivity index is 1.42. The second kappa shape index (κ2) is 8.66. The monoisotopic (exact) mass is 439 g/mol. The number of anilines is 1. The Hall–Kier alpha value is -3.33. The maximum atomic E-state index is 14.4. The highest BCUT2D eigenvalue weighted by Gasteiger charge is 2.30. The van der Waals surface area contributed by atoms with E-state index in [1.807, 2.05) is 11.0 Å². The zero-order valence-electron chi connectivity index (χ0n) is 17.5. The predicted octanol–water partition coefficient (Wildman–Crippen LogP) is 3.22. The van der Waals surface area contributed by atoms with Crippen molar-refractivity contribution in [2.24, 2.45) is 0 Å². The van der Waals surface area contributed by atoms with Gasteiger partial charge in [-0.1, -0.05) is 0 Å². The van der Waals surface area contributed by atoms with Gasteiger partial charge in [0.05, 0.1) is 25.5 Å². The summed E-state index contributed by atoms with van der Waals surface area (Å²) in [5.41, 5.74) is 1.65. The summed E-state index contributed by atoms with van der Waals surface area (Å²) in [5, 5.41) is 4.31. The molecule has 2 aliphatic rings. The number of amides is 1. The number of ether oxygens (including phenoxy) is 1. The zero-order chi connectivity index (χ0) is 22.1. The number of benzene rings is 1. The summed E-state index contributed by atoms with van der Waals surface area (Å²) in [7, 11) is 0. The first-order valence-electron chi connectivity index (χ1n) is 10.7.